The number of nitro groups is 1. The van der Waals surface area contributed by atoms with Gasteiger partial charge < -0.3 is 4.90 Å². The summed E-state index contributed by atoms with van der Waals surface area (Å²) in [6.45, 7) is 0. The number of allylic oxidation sites excluding steroid dienone is 1. The molecule has 0 aliphatic heterocycles. The molecule has 3 rings (SSSR count). The molecule has 23 heavy (non-hydrogen) atoms. The van der Waals surface area contributed by atoms with E-state index in [-0.39, 0.29) is 11.5 Å². The van der Waals surface area contributed by atoms with Crippen molar-refractivity contribution in [1.29, 1.82) is 0 Å². The summed E-state index contributed by atoms with van der Waals surface area (Å²) in [7, 11) is 3.94. The van der Waals surface area contributed by atoms with Crippen LogP contribution in [0.1, 0.15) is 21.5 Å². The lowest BCUT2D eigenvalue weighted by atomic mass is 10.1. The highest BCUT2D eigenvalue weighted by Crippen LogP contribution is 2.30. The van der Waals surface area contributed by atoms with E-state index in [1.54, 1.807) is 6.07 Å². The number of hydrogen-bond donors (Lipinski definition) is 0. The van der Waals surface area contributed by atoms with Crippen LogP contribution in [0, 0.1) is 10.1 Å². The molecule has 0 fully saturated rings. The first-order valence-corrected chi connectivity index (χ1v) is 7.25. The fraction of sp³-hybridized carbons (Fsp3) is 0.167. The Bertz CT molecular complexity index is 821. The van der Waals surface area contributed by atoms with Crippen molar-refractivity contribution in [3.63, 3.8) is 0 Å². The summed E-state index contributed by atoms with van der Waals surface area (Å²) in [5.74, 6) is -0.0495. The largest absolute Gasteiger partial charge is 0.378 e. The standard InChI is InChI=1S/C18H16N2O3/c1-19(2)15-5-3-12(4-6-15)9-14-10-13-11-16(20(22)23)7-8-17(13)18(14)21/h3-9,11H,10H2,1-2H3/b14-9+. The highest BCUT2D eigenvalue weighted by Gasteiger charge is 2.26. The third-order valence-electron chi connectivity index (χ3n) is 3.97. The Morgan fingerprint density at radius 2 is 1.83 bits per heavy atom. The Morgan fingerprint density at radius 3 is 2.43 bits per heavy atom. The molecule has 0 radical (unpaired) electrons. The number of nitrogens with zero attached hydrogens (tertiary/aromatic N) is 2. The van der Waals surface area contributed by atoms with Crippen LogP contribution in [0.3, 0.4) is 0 Å². The van der Waals surface area contributed by atoms with Gasteiger partial charge in [-0.1, -0.05) is 12.1 Å². The number of Topliss-reactive ketones (excluding diaryl/α,β-unsaturated/α-hetero) is 1. The van der Waals surface area contributed by atoms with Crippen molar-refractivity contribution in [2.75, 3.05) is 19.0 Å². The molecule has 2 aromatic rings. The second kappa shape index (κ2) is 5.68. The minimum absolute atomic E-state index is 0.0214. The normalized spacial score (nSPS) is 14.9. The van der Waals surface area contributed by atoms with Gasteiger partial charge in [-0.3, -0.25) is 14.9 Å². The molecule has 0 atom stereocenters. The molecule has 0 saturated carbocycles. The summed E-state index contributed by atoms with van der Waals surface area (Å²) in [5.41, 5.74) is 4.00. The van der Waals surface area contributed by atoms with Crippen LogP contribution in [0.4, 0.5) is 11.4 Å². The topological polar surface area (TPSA) is 63.4 Å². The van der Waals surface area contributed by atoms with E-state index in [0.717, 1.165) is 16.8 Å². The van der Waals surface area contributed by atoms with Gasteiger partial charge in [0.15, 0.2) is 5.78 Å². The maximum atomic E-state index is 12.4. The molecule has 116 valence electrons. The number of benzene rings is 2. The second-order valence-corrected chi connectivity index (χ2v) is 5.76. The van der Waals surface area contributed by atoms with Crippen molar-refractivity contribution in [3.8, 4) is 0 Å². The smallest absolute Gasteiger partial charge is 0.269 e. The highest BCUT2D eigenvalue weighted by atomic mass is 16.6. The molecule has 0 unspecified atom stereocenters. The maximum Gasteiger partial charge on any atom is 0.269 e. The summed E-state index contributed by atoms with van der Waals surface area (Å²) in [6, 6.07) is 12.3. The fourth-order valence-electron chi connectivity index (χ4n) is 2.71. The zero-order valence-electron chi connectivity index (χ0n) is 12.9. The molecule has 0 aromatic heterocycles. The number of ketones is 1. The van der Waals surface area contributed by atoms with E-state index >= 15 is 0 Å². The summed E-state index contributed by atoms with van der Waals surface area (Å²) < 4.78 is 0. The molecule has 0 amide bonds. The Kier molecular flexibility index (Phi) is 3.70. The van der Waals surface area contributed by atoms with Crippen molar-refractivity contribution in [2.45, 2.75) is 6.42 Å². The van der Waals surface area contributed by atoms with E-state index in [1.165, 1.54) is 12.1 Å². The van der Waals surface area contributed by atoms with E-state index in [0.29, 0.717) is 17.6 Å². The summed E-state index contributed by atoms with van der Waals surface area (Å²) in [5, 5.41) is 10.8. The van der Waals surface area contributed by atoms with Gasteiger partial charge in [-0.05, 0) is 35.4 Å². The number of hydrogen-bond acceptors (Lipinski definition) is 4. The first-order valence-electron chi connectivity index (χ1n) is 7.25. The average molecular weight is 308 g/mol. The monoisotopic (exact) mass is 308 g/mol. The number of carbonyl (C=O) groups is 1. The second-order valence-electron chi connectivity index (χ2n) is 5.76. The van der Waals surface area contributed by atoms with Gasteiger partial charge in [0.25, 0.3) is 5.69 Å². The highest BCUT2D eigenvalue weighted by molar-refractivity contribution is 6.15. The number of rotatable bonds is 3. The Labute approximate surface area is 134 Å². The summed E-state index contributed by atoms with van der Waals surface area (Å²) in [4.78, 5) is 24.8. The molecule has 5 heteroatoms. The lowest BCUT2D eigenvalue weighted by Gasteiger charge is -2.11. The van der Waals surface area contributed by atoms with Crippen molar-refractivity contribution in [1.82, 2.24) is 0 Å². The van der Waals surface area contributed by atoms with Crippen molar-refractivity contribution in [3.05, 3.63) is 74.8 Å². The number of non-ortho nitro benzene ring substituents is 1. The SMILES string of the molecule is CN(C)c1ccc(/C=C2\Cc3cc([N+](=O)[O-])ccc3C2=O)cc1. The molecule has 1 aliphatic carbocycles. The van der Waals surface area contributed by atoms with Crippen LogP contribution in [0.25, 0.3) is 6.08 Å². The molecule has 0 bridgehead atoms. The van der Waals surface area contributed by atoms with Crippen LogP contribution in [0.2, 0.25) is 0 Å². The van der Waals surface area contributed by atoms with E-state index < -0.39 is 4.92 Å². The van der Waals surface area contributed by atoms with Gasteiger partial charge in [-0.15, -0.1) is 0 Å². The molecule has 1 aliphatic rings. The van der Waals surface area contributed by atoms with Crippen molar-refractivity contribution in [2.24, 2.45) is 0 Å². The van der Waals surface area contributed by atoms with E-state index in [9.17, 15) is 14.9 Å². The molecular weight excluding hydrogens is 292 g/mol. The van der Waals surface area contributed by atoms with Crippen LogP contribution < -0.4 is 4.90 Å². The Hall–Kier alpha value is -2.95. The summed E-state index contributed by atoms with van der Waals surface area (Å²) in [6.07, 6.45) is 2.29. The fourth-order valence-corrected chi connectivity index (χ4v) is 2.71. The number of nitro benzene ring substituents is 1. The molecule has 0 spiro atoms. The average Bonchev–Trinajstić information content (AvgIpc) is 2.83. The van der Waals surface area contributed by atoms with Gasteiger partial charge in [-0.25, -0.2) is 0 Å². The van der Waals surface area contributed by atoms with E-state index in [2.05, 4.69) is 0 Å². The van der Waals surface area contributed by atoms with Crippen molar-refractivity contribution >= 4 is 23.2 Å². The van der Waals surface area contributed by atoms with E-state index in [1.807, 2.05) is 49.3 Å². The molecule has 2 aromatic carbocycles. The van der Waals surface area contributed by atoms with Gasteiger partial charge in [0.1, 0.15) is 0 Å². The van der Waals surface area contributed by atoms with Gasteiger partial charge >= 0.3 is 0 Å². The van der Waals surface area contributed by atoms with Crippen LogP contribution in [0.15, 0.2) is 48.0 Å². The molecule has 5 nitrogen and oxygen atoms in total. The van der Waals surface area contributed by atoms with Gasteiger partial charge in [0, 0.05) is 49.5 Å². The minimum atomic E-state index is -0.438. The molecule has 0 saturated heterocycles. The molecule has 0 heterocycles. The predicted octanol–water partition coefficient (Wildman–Crippen LogP) is 3.48. The van der Waals surface area contributed by atoms with E-state index in [4.69, 9.17) is 0 Å². The quantitative estimate of drug-likeness (QED) is 0.495. The van der Waals surface area contributed by atoms with Gasteiger partial charge in [0.2, 0.25) is 0 Å². The van der Waals surface area contributed by atoms with Gasteiger partial charge in [0.05, 0.1) is 4.92 Å². The lowest BCUT2D eigenvalue weighted by Crippen LogP contribution is -2.07. The van der Waals surface area contributed by atoms with Crippen LogP contribution in [-0.2, 0) is 6.42 Å². The predicted molar refractivity (Wildman–Crippen MR) is 89.9 cm³/mol. The zero-order chi connectivity index (χ0) is 16.6. The first-order chi connectivity index (χ1) is 11.0. The number of fused-ring (bicyclic) bond motifs is 1. The van der Waals surface area contributed by atoms with Crippen LogP contribution >= 0.6 is 0 Å². The maximum absolute atomic E-state index is 12.4. The zero-order valence-corrected chi connectivity index (χ0v) is 12.9. The summed E-state index contributed by atoms with van der Waals surface area (Å²) >= 11 is 0. The third kappa shape index (κ3) is 2.85. The third-order valence-corrected chi connectivity index (χ3v) is 3.97. The Morgan fingerprint density at radius 1 is 1.13 bits per heavy atom. The number of anilines is 1. The van der Waals surface area contributed by atoms with Gasteiger partial charge in [-0.2, -0.15) is 0 Å². The van der Waals surface area contributed by atoms with Crippen molar-refractivity contribution < 1.29 is 9.72 Å². The molecule has 0 N–H and O–H groups in total. The molecular formula is C18H16N2O3. The van der Waals surface area contributed by atoms with Crippen LogP contribution in [-0.4, -0.2) is 24.8 Å². The Balaban J connectivity index is 1.90. The lowest BCUT2D eigenvalue weighted by molar-refractivity contribution is -0.384. The van der Waals surface area contributed by atoms with Crippen LogP contribution in [0.5, 0.6) is 0 Å². The number of carbonyl (C=O) groups excluding carboxylic acids is 1. The minimum Gasteiger partial charge on any atom is -0.378 e. The first kappa shape index (κ1) is 15.0.